The molecule has 2 atom stereocenters. The van der Waals surface area contributed by atoms with Gasteiger partial charge < -0.3 is 10.4 Å². The smallest absolute Gasteiger partial charge is 0.328 e. The molecule has 42 heavy (non-hydrogen) atoms. The first kappa shape index (κ1) is 30.9. The van der Waals surface area contributed by atoms with E-state index >= 15 is 0 Å². The number of aliphatic carboxylic acids is 1. The first-order valence-electron chi connectivity index (χ1n) is 15.1. The molecule has 5 rings (SSSR count). The van der Waals surface area contributed by atoms with Crippen LogP contribution in [-0.2, 0) is 17.6 Å². The number of aromatic amines is 1. The third kappa shape index (κ3) is 6.87. The average Bonchev–Trinajstić information content (AvgIpc) is 3.63. The highest BCUT2D eigenvalue weighted by Gasteiger charge is 2.34. The number of carboxylic acids is 1. The SMILES string of the molecule is CCCCCc1c(Cc2ccc(-c3ccccc3-c3nnn[nH]3)cc2)c(=O)n2n1C(C)CCC2C(=O)O.CCNCC. The molecule has 0 saturated heterocycles. The molecule has 2 aromatic carbocycles. The van der Waals surface area contributed by atoms with Crippen LogP contribution < -0.4 is 10.9 Å². The molecule has 2 unspecified atom stereocenters. The van der Waals surface area contributed by atoms with Crippen LogP contribution in [0.4, 0.5) is 0 Å². The quantitative estimate of drug-likeness (QED) is 0.204. The Morgan fingerprint density at radius 3 is 2.31 bits per heavy atom. The van der Waals surface area contributed by atoms with Gasteiger partial charge in [-0.05, 0) is 72.8 Å². The molecule has 0 amide bonds. The third-order valence-electron chi connectivity index (χ3n) is 7.87. The molecule has 0 fully saturated rings. The number of hydrogen-bond acceptors (Lipinski definition) is 6. The van der Waals surface area contributed by atoms with Gasteiger partial charge >= 0.3 is 5.97 Å². The zero-order valence-electron chi connectivity index (χ0n) is 25.1. The monoisotopic (exact) mass is 573 g/mol. The number of H-pyrrole nitrogens is 1. The molecule has 3 heterocycles. The number of carbonyl (C=O) groups is 1. The molecule has 0 aliphatic carbocycles. The van der Waals surface area contributed by atoms with Crippen LogP contribution in [0.2, 0.25) is 0 Å². The van der Waals surface area contributed by atoms with Gasteiger partial charge in [-0.15, -0.1) is 5.10 Å². The highest BCUT2D eigenvalue weighted by Crippen LogP contribution is 2.33. The second kappa shape index (κ2) is 14.7. The number of benzene rings is 2. The number of nitrogens with one attached hydrogen (secondary N) is 2. The van der Waals surface area contributed by atoms with Gasteiger partial charge in [0.1, 0.15) is 0 Å². The average molecular weight is 574 g/mol. The molecule has 10 nitrogen and oxygen atoms in total. The highest BCUT2D eigenvalue weighted by atomic mass is 16.4. The summed E-state index contributed by atoms with van der Waals surface area (Å²) < 4.78 is 3.51. The van der Waals surface area contributed by atoms with E-state index in [0.29, 0.717) is 18.7 Å². The molecule has 0 spiro atoms. The number of hydrogen-bond donors (Lipinski definition) is 3. The fourth-order valence-corrected chi connectivity index (χ4v) is 5.73. The van der Waals surface area contributed by atoms with Crippen LogP contribution in [0.25, 0.3) is 22.5 Å². The van der Waals surface area contributed by atoms with Gasteiger partial charge in [-0.1, -0.05) is 82.1 Å². The molecule has 3 N–H and O–H groups in total. The molecule has 1 aliphatic rings. The van der Waals surface area contributed by atoms with E-state index in [1.807, 2.05) is 53.2 Å². The summed E-state index contributed by atoms with van der Waals surface area (Å²) >= 11 is 0. The topological polar surface area (TPSA) is 131 Å². The number of carboxylic acid groups (broad SMARTS) is 1. The molecule has 224 valence electrons. The molecule has 1 aliphatic heterocycles. The van der Waals surface area contributed by atoms with Crippen molar-refractivity contribution in [2.75, 3.05) is 13.1 Å². The van der Waals surface area contributed by atoms with Gasteiger partial charge in [0.2, 0.25) is 0 Å². The van der Waals surface area contributed by atoms with E-state index in [1.165, 1.54) is 4.68 Å². The van der Waals surface area contributed by atoms with E-state index in [4.69, 9.17) is 0 Å². The van der Waals surface area contributed by atoms with Crippen LogP contribution in [0.5, 0.6) is 0 Å². The summed E-state index contributed by atoms with van der Waals surface area (Å²) in [6, 6.07) is 15.4. The number of fused-ring (bicyclic) bond motifs is 1. The molecule has 4 aromatic rings. The summed E-state index contributed by atoms with van der Waals surface area (Å²) in [6.45, 7) is 10.6. The second-order valence-electron chi connectivity index (χ2n) is 10.8. The van der Waals surface area contributed by atoms with E-state index in [2.05, 4.69) is 53.6 Å². The Hall–Kier alpha value is -4.05. The largest absolute Gasteiger partial charge is 0.480 e. The first-order valence-corrected chi connectivity index (χ1v) is 15.1. The standard InChI is InChI=1S/C28H32N6O3.C4H11N/c1-3-4-5-10-24-23(27(35)34-25(28(36)37)16-11-18(2)33(24)34)17-19-12-14-20(15-13-19)21-8-6-7-9-22(21)26-29-31-32-30-26;1-3-5-4-2/h6-9,12-15,18,25H,3-5,10-11,16-17H2,1-2H3,(H,36,37)(H,29,30,31,32);5H,3-4H2,1-2H3. The Morgan fingerprint density at radius 1 is 1.00 bits per heavy atom. The second-order valence-corrected chi connectivity index (χ2v) is 10.8. The van der Waals surface area contributed by atoms with Gasteiger partial charge in [-0.2, -0.15) is 0 Å². The predicted molar refractivity (Wildman–Crippen MR) is 165 cm³/mol. The maximum Gasteiger partial charge on any atom is 0.328 e. The normalized spacial score (nSPS) is 16.0. The van der Waals surface area contributed by atoms with Gasteiger partial charge in [0.15, 0.2) is 11.9 Å². The molecule has 0 saturated carbocycles. The predicted octanol–water partition coefficient (Wildman–Crippen LogP) is 5.42. The summed E-state index contributed by atoms with van der Waals surface area (Å²) in [6.07, 6.45) is 5.61. The van der Waals surface area contributed by atoms with E-state index in [0.717, 1.165) is 78.7 Å². The van der Waals surface area contributed by atoms with Gasteiger partial charge in [0.25, 0.3) is 5.56 Å². The van der Waals surface area contributed by atoms with E-state index in [9.17, 15) is 14.7 Å². The molecule has 0 radical (unpaired) electrons. The van der Waals surface area contributed by atoms with Crippen molar-refractivity contribution in [3.63, 3.8) is 0 Å². The summed E-state index contributed by atoms with van der Waals surface area (Å²) in [5.74, 6) is -0.338. The van der Waals surface area contributed by atoms with Crippen LogP contribution in [-0.4, -0.2) is 54.2 Å². The van der Waals surface area contributed by atoms with Crippen molar-refractivity contribution in [1.82, 2.24) is 35.3 Å². The molecule has 10 heteroatoms. The van der Waals surface area contributed by atoms with Crippen LogP contribution in [0, 0.1) is 0 Å². The molecular weight excluding hydrogens is 530 g/mol. The Bertz CT molecular complexity index is 1490. The van der Waals surface area contributed by atoms with Crippen molar-refractivity contribution >= 4 is 5.97 Å². The summed E-state index contributed by atoms with van der Waals surface area (Å²) in [4.78, 5) is 25.7. The Morgan fingerprint density at radius 2 is 1.71 bits per heavy atom. The number of nitrogens with zero attached hydrogens (tertiary/aromatic N) is 5. The number of unbranched alkanes of at least 4 members (excludes halogenated alkanes) is 2. The Kier molecular flexibility index (Phi) is 10.8. The fraction of sp³-hybridized carbons (Fsp3) is 0.469. The lowest BCUT2D eigenvalue weighted by molar-refractivity contribution is -0.142. The molecule has 2 aromatic heterocycles. The van der Waals surface area contributed by atoms with Gasteiger partial charge in [0.05, 0.1) is 0 Å². The van der Waals surface area contributed by atoms with Crippen molar-refractivity contribution in [1.29, 1.82) is 0 Å². The minimum absolute atomic E-state index is 0.0955. The Balaban J connectivity index is 0.000000748. The van der Waals surface area contributed by atoms with E-state index in [-0.39, 0.29) is 11.6 Å². The maximum absolute atomic E-state index is 13.7. The fourth-order valence-electron chi connectivity index (χ4n) is 5.73. The van der Waals surface area contributed by atoms with Crippen molar-refractivity contribution in [3.8, 4) is 22.5 Å². The van der Waals surface area contributed by atoms with Crippen LogP contribution in [0.1, 0.15) is 88.7 Å². The lowest BCUT2D eigenvalue weighted by atomic mass is 9.96. The summed E-state index contributed by atoms with van der Waals surface area (Å²) in [5.41, 5.74) is 5.49. The summed E-state index contributed by atoms with van der Waals surface area (Å²) in [5, 5.41) is 27.2. The zero-order valence-corrected chi connectivity index (χ0v) is 25.1. The van der Waals surface area contributed by atoms with Crippen molar-refractivity contribution < 1.29 is 9.90 Å². The van der Waals surface area contributed by atoms with Gasteiger partial charge in [0, 0.05) is 29.3 Å². The van der Waals surface area contributed by atoms with Crippen LogP contribution in [0.15, 0.2) is 53.3 Å². The highest BCUT2D eigenvalue weighted by molar-refractivity contribution is 5.80. The minimum Gasteiger partial charge on any atom is -0.480 e. The van der Waals surface area contributed by atoms with Gasteiger partial charge in [-0.25, -0.2) is 14.6 Å². The molecular formula is C32H43N7O3. The summed E-state index contributed by atoms with van der Waals surface area (Å²) in [7, 11) is 0. The Labute approximate surface area is 247 Å². The third-order valence-corrected chi connectivity index (χ3v) is 7.87. The van der Waals surface area contributed by atoms with Crippen molar-refractivity contribution in [3.05, 3.63) is 75.7 Å². The number of tetrazole rings is 1. The molecule has 0 bridgehead atoms. The lowest BCUT2D eigenvalue weighted by Crippen LogP contribution is -2.38. The van der Waals surface area contributed by atoms with Crippen molar-refractivity contribution in [2.45, 2.75) is 84.7 Å². The van der Waals surface area contributed by atoms with Crippen LogP contribution in [0.3, 0.4) is 0 Å². The van der Waals surface area contributed by atoms with Crippen LogP contribution >= 0.6 is 0 Å². The van der Waals surface area contributed by atoms with E-state index in [1.54, 1.807) is 0 Å². The van der Waals surface area contributed by atoms with Crippen molar-refractivity contribution in [2.24, 2.45) is 0 Å². The zero-order chi connectivity index (χ0) is 30.1. The number of rotatable bonds is 11. The van der Waals surface area contributed by atoms with Gasteiger partial charge in [-0.3, -0.25) is 9.48 Å². The first-order chi connectivity index (χ1) is 20.4. The minimum atomic E-state index is -0.940. The lowest BCUT2D eigenvalue weighted by Gasteiger charge is -2.30. The van der Waals surface area contributed by atoms with E-state index < -0.39 is 12.0 Å². The number of aromatic nitrogens is 6. The maximum atomic E-state index is 13.7.